The summed E-state index contributed by atoms with van der Waals surface area (Å²) in [7, 11) is 1.88. The first-order valence-corrected chi connectivity index (χ1v) is 7.83. The van der Waals surface area contributed by atoms with Crippen LogP contribution in [0, 0.1) is 0 Å². The maximum atomic E-state index is 12.5. The molecule has 3 nitrogen and oxygen atoms in total. The van der Waals surface area contributed by atoms with E-state index in [0.717, 1.165) is 18.5 Å². The van der Waals surface area contributed by atoms with E-state index in [1.54, 1.807) is 0 Å². The maximum Gasteiger partial charge on any atom is 0.224 e. The van der Waals surface area contributed by atoms with Crippen LogP contribution in [-0.4, -0.2) is 24.4 Å². The Morgan fingerprint density at radius 2 is 1.86 bits per heavy atom. The van der Waals surface area contributed by atoms with Crippen molar-refractivity contribution < 1.29 is 4.79 Å². The molecular formula is C19H22N2O. The largest absolute Gasteiger partial charge is 0.341 e. The predicted molar refractivity (Wildman–Crippen MR) is 88.4 cm³/mol. The van der Waals surface area contributed by atoms with E-state index < -0.39 is 0 Å². The number of fused-ring (bicyclic) bond motifs is 1. The van der Waals surface area contributed by atoms with Crippen LogP contribution in [0.25, 0.3) is 0 Å². The van der Waals surface area contributed by atoms with E-state index in [9.17, 15) is 4.79 Å². The van der Waals surface area contributed by atoms with E-state index in [0.29, 0.717) is 13.0 Å². The number of benzene rings is 2. The Labute approximate surface area is 132 Å². The molecule has 0 fully saturated rings. The Hall–Kier alpha value is -2.13. The molecule has 2 aromatic rings. The average molecular weight is 294 g/mol. The number of rotatable bonds is 4. The van der Waals surface area contributed by atoms with E-state index in [1.165, 1.54) is 11.1 Å². The van der Waals surface area contributed by atoms with Crippen molar-refractivity contribution in [3.8, 4) is 0 Å². The van der Waals surface area contributed by atoms with Crippen LogP contribution >= 0.6 is 0 Å². The van der Waals surface area contributed by atoms with Gasteiger partial charge >= 0.3 is 0 Å². The van der Waals surface area contributed by atoms with E-state index in [1.807, 2.05) is 30.1 Å². The second-order valence-corrected chi connectivity index (χ2v) is 5.90. The van der Waals surface area contributed by atoms with Gasteiger partial charge in [-0.3, -0.25) is 4.79 Å². The molecule has 0 bridgehead atoms. The second kappa shape index (κ2) is 6.75. The number of nitrogens with one attached hydrogen (secondary N) is 1. The molecule has 1 N–H and O–H groups in total. The van der Waals surface area contributed by atoms with Crippen molar-refractivity contribution in [1.82, 2.24) is 10.2 Å². The Bertz CT molecular complexity index is 639. The summed E-state index contributed by atoms with van der Waals surface area (Å²) in [6, 6.07) is 18.7. The van der Waals surface area contributed by atoms with Gasteiger partial charge in [-0.1, -0.05) is 54.6 Å². The molecule has 0 saturated carbocycles. The van der Waals surface area contributed by atoms with Crippen molar-refractivity contribution >= 4 is 5.91 Å². The van der Waals surface area contributed by atoms with E-state index in [-0.39, 0.29) is 11.9 Å². The minimum Gasteiger partial charge on any atom is -0.341 e. The quantitative estimate of drug-likeness (QED) is 0.940. The lowest BCUT2D eigenvalue weighted by Crippen LogP contribution is -2.35. The summed E-state index contributed by atoms with van der Waals surface area (Å²) >= 11 is 0. The third-order valence-electron chi connectivity index (χ3n) is 4.28. The lowest BCUT2D eigenvalue weighted by Gasteiger charge is -2.28. The first kappa shape index (κ1) is 14.8. The molecule has 1 aliphatic heterocycles. The van der Waals surface area contributed by atoms with Gasteiger partial charge in [0, 0.05) is 26.1 Å². The van der Waals surface area contributed by atoms with Gasteiger partial charge in [-0.05, 0) is 29.7 Å². The lowest BCUT2D eigenvalue weighted by atomic mass is 9.92. The highest BCUT2D eigenvalue weighted by atomic mass is 16.2. The fraction of sp³-hybridized carbons (Fsp3) is 0.316. The molecule has 3 rings (SSSR count). The van der Waals surface area contributed by atoms with Gasteiger partial charge in [0.2, 0.25) is 5.91 Å². The van der Waals surface area contributed by atoms with Crippen LogP contribution < -0.4 is 5.32 Å². The van der Waals surface area contributed by atoms with Gasteiger partial charge in [-0.25, -0.2) is 0 Å². The molecule has 0 aromatic heterocycles. The molecule has 1 aliphatic rings. The highest BCUT2D eigenvalue weighted by Gasteiger charge is 2.23. The molecule has 3 heteroatoms. The summed E-state index contributed by atoms with van der Waals surface area (Å²) in [5.41, 5.74) is 3.80. The van der Waals surface area contributed by atoms with E-state index in [4.69, 9.17) is 0 Å². The van der Waals surface area contributed by atoms with Crippen LogP contribution in [-0.2, 0) is 17.8 Å². The average Bonchev–Trinajstić information content (AvgIpc) is 2.56. The zero-order chi connectivity index (χ0) is 15.4. The molecule has 2 aromatic carbocycles. The summed E-state index contributed by atoms with van der Waals surface area (Å²) in [5.74, 6) is 0.179. The fourth-order valence-electron chi connectivity index (χ4n) is 3.05. The lowest BCUT2D eigenvalue weighted by molar-refractivity contribution is -0.131. The van der Waals surface area contributed by atoms with Crippen LogP contribution in [0.1, 0.15) is 29.2 Å². The molecule has 114 valence electrons. The van der Waals surface area contributed by atoms with Crippen LogP contribution in [0.15, 0.2) is 54.6 Å². The standard InChI is InChI=1S/C19H22N2O/c1-21(14-15-7-3-2-4-8-15)19(22)13-18-17-10-6-5-9-16(17)11-12-20-18/h2-10,18,20H,11-14H2,1H3. The number of nitrogens with zero attached hydrogens (tertiary/aromatic N) is 1. The van der Waals surface area contributed by atoms with E-state index in [2.05, 4.69) is 41.7 Å². The highest BCUT2D eigenvalue weighted by Crippen LogP contribution is 2.25. The molecule has 0 saturated heterocycles. The highest BCUT2D eigenvalue weighted by molar-refractivity contribution is 5.77. The van der Waals surface area contributed by atoms with Gasteiger partial charge in [0.05, 0.1) is 0 Å². The summed E-state index contributed by atoms with van der Waals surface area (Å²) in [4.78, 5) is 14.3. The third kappa shape index (κ3) is 3.37. The van der Waals surface area contributed by atoms with Crippen LogP contribution in [0.2, 0.25) is 0 Å². The van der Waals surface area contributed by atoms with Crippen molar-refractivity contribution in [1.29, 1.82) is 0 Å². The molecule has 1 heterocycles. The van der Waals surface area contributed by atoms with Crippen LogP contribution in [0.3, 0.4) is 0 Å². The summed E-state index contributed by atoms with van der Waals surface area (Å²) in [6.45, 7) is 1.60. The second-order valence-electron chi connectivity index (χ2n) is 5.90. The molecule has 1 unspecified atom stereocenters. The first-order chi connectivity index (χ1) is 10.7. The molecule has 1 atom stereocenters. The summed E-state index contributed by atoms with van der Waals surface area (Å²) < 4.78 is 0. The van der Waals surface area contributed by atoms with Crippen LogP contribution in [0.5, 0.6) is 0 Å². The zero-order valence-electron chi connectivity index (χ0n) is 13.0. The van der Waals surface area contributed by atoms with Gasteiger partial charge in [-0.2, -0.15) is 0 Å². The maximum absolute atomic E-state index is 12.5. The third-order valence-corrected chi connectivity index (χ3v) is 4.28. The SMILES string of the molecule is CN(Cc1ccccc1)C(=O)CC1NCCc2ccccc21. The first-order valence-electron chi connectivity index (χ1n) is 7.83. The molecule has 0 aliphatic carbocycles. The monoisotopic (exact) mass is 294 g/mol. The minimum atomic E-state index is 0.135. The van der Waals surface area contributed by atoms with Gasteiger partial charge in [-0.15, -0.1) is 0 Å². The number of carbonyl (C=O) groups excluding carboxylic acids is 1. The topological polar surface area (TPSA) is 32.3 Å². The summed E-state index contributed by atoms with van der Waals surface area (Å²) in [5, 5.41) is 3.48. The Balaban J connectivity index is 1.65. The number of amides is 1. The number of carbonyl (C=O) groups is 1. The van der Waals surface area contributed by atoms with Gasteiger partial charge in [0.1, 0.15) is 0 Å². The Kier molecular flexibility index (Phi) is 4.54. The minimum absolute atomic E-state index is 0.135. The fourth-order valence-corrected chi connectivity index (χ4v) is 3.05. The Morgan fingerprint density at radius 1 is 1.14 bits per heavy atom. The normalized spacial score (nSPS) is 16.9. The van der Waals surface area contributed by atoms with Gasteiger partial charge < -0.3 is 10.2 Å². The molecule has 0 radical (unpaired) electrons. The Morgan fingerprint density at radius 3 is 2.68 bits per heavy atom. The van der Waals surface area contributed by atoms with Crippen molar-refractivity contribution in [3.63, 3.8) is 0 Å². The van der Waals surface area contributed by atoms with Crippen molar-refractivity contribution in [3.05, 3.63) is 71.3 Å². The van der Waals surface area contributed by atoms with Gasteiger partial charge in [0.15, 0.2) is 0 Å². The van der Waals surface area contributed by atoms with Crippen molar-refractivity contribution in [2.45, 2.75) is 25.4 Å². The molecule has 0 spiro atoms. The predicted octanol–water partition coefficient (Wildman–Crippen LogP) is 2.92. The molecular weight excluding hydrogens is 272 g/mol. The number of hydrogen-bond acceptors (Lipinski definition) is 2. The smallest absolute Gasteiger partial charge is 0.224 e. The molecule has 22 heavy (non-hydrogen) atoms. The van der Waals surface area contributed by atoms with Crippen molar-refractivity contribution in [2.75, 3.05) is 13.6 Å². The zero-order valence-corrected chi connectivity index (χ0v) is 13.0. The van der Waals surface area contributed by atoms with Crippen LogP contribution in [0.4, 0.5) is 0 Å². The van der Waals surface area contributed by atoms with E-state index >= 15 is 0 Å². The van der Waals surface area contributed by atoms with Gasteiger partial charge in [0.25, 0.3) is 0 Å². The van der Waals surface area contributed by atoms with Crippen molar-refractivity contribution in [2.24, 2.45) is 0 Å². The number of hydrogen-bond donors (Lipinski definition) is 1. The summed E-state index contributed by atoms with van der Waals surface area (Å²) in [6.07, 6.45) is 1.56. The molecule has 1 amide bonds.